The van der Waals surface area contributed by atoms with Gasteiger partial charge in [0.15, 0.2) is 0 Å². The van der Waals surface area contributed by atoms with Gasteiger partial charge in [0, 0.05) is 5.56 Å². The second-order valence-electron chi connectivity index (χ2n) is 2.21. The quantitative estimate of drug-likeness (QED) is 0.811. The predicted octanol–water partition coefficient (Wildman–Crippen LogP) is 2.09. The summed E-state index contributed by atoms with van der Waals surface area (Å²) in [6, 6.07) is 5.48. The fraction of sp³-hybridized carbons (Fsp3) is 0.125. The molecule has 2 N–H and O–H groups in total. The van der Waals surface area contributed by atoms with E-state index in [4.69, 9.17) is 22.7 Å². The van der Waals surface area contributed by atoms with E-state index >= 15 is 0 Å². The molecule has 12 heavy (non-hydrogen) atoms. The molecule has 1 aromatic carbocycles. The summed E-state index contributed by atoms with van der Waals surface area (Å²) in [7, 11) is 1.61. The molecule has 0 aromatic heterocycles. The number of methoxy groups -OCH3 is 1. The number of thiocarbonyl (C=S) groups is 1. The van der Waals surface area contributed by atoms with Gasteiger partial charge in [0.2, 0.25) is 0 Å². The second-order valence-corrected chi connectivity index (χ2v) is 3.51. The standard InChI is InChI=1S/C8H8BrNOS/c1-11-7-3-2-5(8(10)12)4-6(7)9/h2-4H,1H3,(H2,10,12). The van der Waals surface area contributed by atoms with E-state index in [1.54, 1.807) is 7.11 Å². The molecule has 0 unspecified atom stereocenters. The van der Waals surface area contributed by atoms with Crippen LogP contribution in [0, 0.1) is 0 Å². The highest BCUT2D eigenvalue weighted by atomic mass is 79.9. The summed E-state index contributed by atoms with van der Waals surface area (Å²) in [5.74, 6) is 0.773. The number of halogens is 1. The van der Waals surface area contributed by atoms with Gasteiger partial charge in [0.25, 0.3) is 0 Å². The lowest BCUT2D eigenvalue weighted by atomic mass is 10.2. The van der Waals surface area contributed by atoms with E-state index in [1.807, 2.05) is 18.2 Å². The molecule has 0 bridgehead atoms. The van der Waals surface area contributed by atoms with Crippen LogP contribution in [0.5, 0.6) is 5.75 Å². The van der Waals surface area contributed by atoms with Gasteiger partial charge in [-0.25, -0.2) is 0 Å². The smallest absolute Gasteiger partial charge is 0.133 e. The molecule has 0 fully saturated rings. The highest BCUT2D eigenvalue weighted by molar-refractivity contribution is 9.10. The SMILES string of the molecule is COc1ccc(C(N)=S)cc1Br. The van der Waals surface area contributed by atoms with Gasteiger partial charge < -0.3 is 10.5 Å². The van der Waals surface area contributed by atoms with Crippen molar-refractivity contribution in [3.05, 3.63) is 28.2 Å². The van der Waals surface area contributed by atoms with Crippen LogP contribution in [-0.4, -0.2) is 12.1 Å². The molecule has 0 aliphatic carbocycles. The van der Waals surface area contributed by atoms with E-state index in [9.17, 15) is 0 Å². The first-order valence-electron chi connectivity index (χ1n) is 3.28. The normalized spacial score (nSPS) is 9.50. The van der Waals surface area contributed by atoms with Crippen LogP contribution < -0.4 is 10.5 Å². The molecule has 1 rings (SSSR count). The van der Waals surface area contributed by atoms with Gasteiger partial charge in [-0.1, -0.05) is 12.2 Å². The Balaban J connectivity index is 3.10. The first kappa shape index (κ1) is 9.48. The Bertz CT molecular complexity index is 314. The number of hydrogen-bond acceptors (Lipinski definition) is 2. The van der Waals surface area contributed by atoms with Gasteiger partial charge in [0.05, 0.1) is 11.6 Å². The second kappa shape index (κ2) is 3.87. The summed E-state index contributed by atoms with van der Waals surface area (Å²) in [6.45, 7) is 0. The van der Waals surface area contributed by atoms with Crippen LogP contribution >= 0.6 is 28.1 Å². The lowest BCUT2D eigenvalue weighted by molar-refractivity contribution is 0.412. The van der Waals surface area contributed by atoms with Crippen molar-refractivity contribution in [1.29, 1.82) is 0 Å². The minimum absolute atomic E-state index is 0.387. The molecule has 0 atom stereocenters. The summed E-state index contributed by atoms with van der Waals surface area (Å²) in [4.78, 5) is 0.387. The molecule has 0 saturated carbocycles. The minimum Gasteiger partial charge on any atom is -0.496 e. The number of ether oxygens (including phenoxy) is 1. The van der Waals surface area contributed by atoms with Crippen molar-refractivity contribution in [2.45, 2.75) is 0 Å². The molecule has 0 amide bonds. The highest BCUT2D eigenvalue weighted by Gasteiger charge is 2.01. The van der Waals surface area contributed by atoms with Crippen LogP contribution in [0.3, 0.4) is 0 Å². The molecule has 0 aliphatic heterocycles. The lowest BCUT2D eigenvalue weighted by Crippen LogP contribution is -2.08. The van der Waals surface area contributed by atoms with Gasteiger partial charge >= 0.3 is 0 Å². The van der Waals surface area contributed by atoms with E-state index in [0.717, 1.165) is 15.8 Å². The molecule has 0 saturated heterocycles. The zero-order valence-electron chi connectivity index (χ0n) is 6.50. The van der Waals surface area contributed by atoms with E-state index in [0.29, 0.717) is 4.99 Å². The third kappa shape index (κ3) is 1.95. The Labute approximate surface area is 84.8 Å². The first-order chi connectivity index (χ1) is 5.65. The Kier molecular flexibility index (Phi) is 3.05. The van der Waals surface area contributed by atoms with Crippen molar-refractivity contribution >= 4 is 33.1 Å². The van der Waals surface area contributed by atoms with Crippen molar-refractivity contribution in [2.75, 3.05) is 7.11 Å². The molecule has 64 valence electrons. The Morgan fingerprint density at radius 2 is 2.25 bits per heavy atom. The average molecular weight is 246 g/mol. The van der Waals surface area contributed by atoms with E-state index in [2.05, 4.69) is 15.9 Å². The van der Waals surface area contributed by atoms with Crippen LogP contribution in [-0.2, 0) is 0 Å². The number of rotatable bonds is 2. The summed E-state index contributed by atoms with van der Waals surface area (Å²) in [5.41, 5.74) is 6.28. The van der Waals surface area contributed by atoms with E-state index in [-0.39, 0.29) is 0 Å². The molecule has 2 nitrogen and oxygen atoms in total. The average Bonchev–Trinajstić information content (AvgIpc) is 2.04. The van der Waals surface area contributed by atoms with Crippen molar-refractivity contribution in [3.8, 4) is 5.75 Å². The van der Waals surface area contributed by atoms with Gasteiger partial charge in [-0.05, 0) is 34.1 Å². The predicted molar refractivity (Wildman–Crippen MR) is 56.6 cm³/mol. The lowest BCUT2D eigenvalue weighted by Gasteiger charge is -2.04. The fourth-order valence-electron chi connectivity index (χ4n) is 0.820. The molecule has 0 radical (unpaired) electrons. The summed E-state index contributed by atoms with van der Waals surface area (Å²) in [5, 5.41) is 0. The number of nitrogens with two attached hydrogens (primary N) is 1. The van der Waals surface area contributed by atoms with Crippen LogP contribution in [0.1, 0.15) is 5.56 Å². The third-order valence-corrected chi connectivity index (χ3v) is 2.29. The molecule has 0 aliphatic rings. The van der Waals surface area contributed by atoms with Gasteiger partial charge in [-0.2, -0.15) is 0 Å². The monoisotopic (exact) mass is 245 g/mol. The molecule has 1 aromatic rings. The van der Waals surface area contributed by atoms with Crippen LogP contribution in [0.15, 0.2) is 22.7 Å². The van der Waals surface area contributed by atoms with Crippen molar-refractivity contribution in [1.82, 2.24) is 0 Å². The topological polar surface area (TPSA) is 35.2 Å². The summed E-state index contributed by atoms with van der Waals surface area (Å²) in [6.07, 6.45) is 0. The van der Waals surface area contributed by atoms with Gasteiger partial charge in [0.1, 0.15) is 10.7 Å². The number of hydrogen-bond donors (Lipinski definition) is 1. The summed E-state index contributed by atoms with van der Waals surface area (Å²) >= 11 is 8.15. The van der Waals surface area contributed by atoms with Gasteiger partial charge in [-0.15, -0.1) is 0 Å². The Morgan fingerprint density at radius 3 is 2.67 bits per heavy atom. The van der Waals surface area contributed by atoms with Gasteiger partial charge in [-0.3, -0.25) is 0 Å². The van der Waals surface area contributed by atoms with Crippen molar-refractivity contribution in [2.24, 2.45) is 5.73 Å². The molecular weight excluding hydrogens is 238 g/mol. The maximum absolute atomic E-state index is 5.44. The maximum atomic E-state index is 5.44. The zero-order chi connectivity index (χ0) is 9.14. The zero-order valence-corrected chi connectivity index (χ0v) is 8.91. The van der Waals surface area contributed by atoms with E-state index in [1.165, 1.54) is 0 Å². The fourth-order valence-corrected chi connectivity index (χ4v) is 1.49. The Morgan fingerprint density at radius 1 is 1.58 bits per heavy atom. The maximum Gasteiger partial charge on any atom is 0.133 e. The Hall–Kier alpha value is -0.610. The van der Waals surface area contributed by atoms with Crippen LogP contribution in [0.4, 0.5) is 0 Å². The van der Waals surface area contributed by atoms with Crippen LogP contribution in [0.2, 0.25) is 0 Å². The van der Waals surface area contributed by atoms with E-state index < -0.39 is 0 Å². The molecule has 0 heterocycles. The minimum atomic E-state index is 0.387. The third-order valence-electron chi connectivity index (χ3n) is 1.44. The largest absolute Gasteiger partial charge is 0.496 e. The molecule has 4 heteroatoms. The first-order valence-corrected chi connectivity index (χ1v) is 4.48. The van der Waals surface area contributed by atoms with Crippen LogP contribution in [0.25, 0.3) is 0 Å². The molecular formula is C8H8BrNOS. The van der Waals surface area contributed by atoms with Crippen molar-refractivity contribution in [3.63, 3.8) is 0 Å². The van der Waals surface area contributed by atoms with Crippen molar-refractivity contribution < 1.29 is 4.74 Å². The summed E-state index contributed by atoms with van der Waals surface area (Å²) < 4.78 is 5.91. The molecule has 0 spiro atoms. The number of benzene rings is 1. The highest BCUT2D eigenvalue weighted by Crippen LogP contribution is 2.25.